The van der Waals surface area contributed by atoms with Crippen LogP contribution in [0.1, 0.15) is 11.1 Å². The van der Waals surface area contributed by atoms with E-state index in [1.165, 1.54) is 0 Å². The van der Waals surface area contributed by atoms with E-state index in [-0.39, 0.29) is 11.7 Å². The Morgan fingerprint density at radius 2 is 1.89 bits per heavy atom. The van der Waals surface area contributed by atoms with E-state index in [0.717, 1.165) is 28.1 Å². The highest BCUT2D eigenvalue weighted by Gasteiger charge is 2.18. The number of aromatic nitrogens is 2. The predicted molar refractivity (Wildman–Crippen MR) is 109 cm³/mol. The number of halogens is 1. The number of amides is 1. The van der Waals surface area contributed by atoms with E-state index in [1.54, 1.807) is 29.9 Å². The number of anilines is 1. The second-order valence-corrected chi connectivity index (χ2v) is 8.06. The number of hydrogen-bond donors (Lipinski definition) is 1. The van der Waals surface area contributed by atoms with Crippen molar-refractivity contribution in [3.8, 4) is 11.3 Å². The summed E-state index contributed by atoms with van der Waals surface area (Å²) in [6, 6.07) is 13.0. The lowest BCUT2D eigenvalue weighted by atomic mass is 10.1. The minimum atomic E-state index is -1.55. The van der Waals surface area contributed by atoms with Crippen molar-refractivity contribution in [3.63, 3.8) is 0 Å². The summed E-state index contributed by atoms with van der Waals surface area (Å²) in [6.45, 7) is 3.92. The van der Waals surface area contributed by atoms with Gasteiger partial charge in [0.25, 0.3) is 0 Å². The molecule has 1 N–H and O–H groups in total. The van der Waals surface area contributed by atoms with Crippen LogP contribution in [0, 0.1) is 13.8 Å². The van der Waals surface area contributed by atoms with Crippen molar-refractivity contribution in [2.45, 2.75) is 19.0 Å². The van der Waals surface area contributed by atoms with Crippen molar-refractivity contribution >= 4 is 34.0 Å². The summed E-state index contributed by atoms with van der Waals surface area (Å²) < 4.78 is 14.4. The first kappa shape index (κ1) is 19.3. The monoisotopic (exact) mass is 401 g/mol. The molecule has 0 unspecified atom stereocenters. The summed E-state index contributed by atoms with van der Waals surface area (Å²) in [4.78, 5) is 16.6. The highest BCUT2D eigenvalue weighted by molar-refractivity contribution is 7.85. The molecule has 0 saturated heterocycles. The molecule has 0 aliphatic carbocycles. The summed E-state index contributed by atoms with van der Waals surface area (Å²) in [5, 5.41) is 3.84. The Balaban J connectivity index is 1.74. The molecule has 0 aliphatic rings. The Labute approximate surface area is 165 Å². The van der Waals surface area contributed by atoms with Gasteiger partial charge in [0.1, 0.15) is 5.75 Å². The topological polar surface area (TPSA) is 64.0 Å². The number of carbonyl (C=O) groups excluding carboxylic acids is 1. The van der Waals surface area contributed by atoms with Crippen molar-refractivity contribution in [2.75, 3.05) is 11.1 Å². The standard InChI is InChI=1S/C20H20ClN3O2S/c1-13-5-4-6-17(14(13)2)23-19(25)12-27(26)20-22-11-18(24(20)3)15-7-9-16(21)10-8-15/h4-11H,12H2,1-3H3,(H,23,25)/t27-/m0/s1. The van der Waals surface area contributed by atoms with Crippen LogP contribution in [0.4, 0.5) is 5.69 Å². The van der Waals surface area contributed by atoms with Gasteiger partial charge in [0, 0.05) is 17.8 Å². The number of hydrogen-bond acceptors (Lipinski definition) is 3. The van der Waals surface area contributed by atoms with E-state index in [4.69, 9.17) is 11.6 Å². The molecule has 3 rings (SSSR count). The van der Waals surface area contributed by atoms with Crippen LogP contribution in [0.5, 0.6) is 0 Å². The number of carbonyl (C=O) groups is 1. The van der Waals surface area contributed by atoms with Gasteiger partial charge in [0.2, 0.25) is 5.91 Å². The molecule has 0 bridgehead atoms. The third-order valence-corrected chi connectivity index (χ3v) is 5.99. The van der Waals surface area contributed by atoms with Gasteiger partial charge < -0.3 is 9.88 Å². The van der Waals surface area contributed by atoms with Crippen molar-refractivity contribution in [2.24, 2.45) is 7.05 Å². The van der Waals surface area contributed by atoms with E-state index >= 15 is 0 Å². The molecule has 3 aromatic rings. The Hall–Kier alpha value is -2.44. The SMILES string of the molecule is Cc1cccc(NC(=O)C[S@](=O)c2ncc(-c3ccc(Cl)cc3)n2C)c1C. The van der Waals surface area contributed by atoms with E-state index in [0.29, 0.717) is 10.2 Å². The molecule has 1 atom stereocenters. The van der Waals surface area contributed by atoms with Gasteiger partial charge in [-0.2, -0.15) is 0 Å². The maximum atomic E-state index is 12.7. The van der Waals surface area contributed by atoms with Crippen LogP contribution in [0.2, 0.25) is 5.02 Å². The molecule has 0 saturated carbocycles. The Kier molecular flexibility index (Phi) is 5.77. The van der Waals surface area contributed by atoms with Gasteiger partial charge in [-0.1, -0.05) is 35.9 Å². The Morgan fingerprint density at radius 1 is 1.19 bits per heavy atom. The molecule has 0 fully saturated rings. The average Bonchev–Trinajstić information content (AvgIpc) is 3.01. The molecule has 1 aromatic heterocycles. The smallest absolute Gasteiger partial charge is 0.237 e. The molecule has 0 aliphatic heterocycles. The summed E-state index contributed by atoms with van der Waals surface area (Å²) in [7, 11) is 0.230. The maximum Gasteiger partial charge on any atom is 0.237 e. The van der Waals surface area contributed by atoms with Gasteiger partial charge in [0.15, 0.2) is 5.16 Å². The third-order valence-electron chi connectivity index (χ3n) is 4.43. The number of benzene rings is 2. The zero-order valence-corrected chi connectivity index (χ0v) is 16.9. The summed E-state index contributed by atoms with van der Waals surface area (Å²) >= 11 is 5.92. The van der Waals surface area contributed by atoms with Crippen molar-refractivity contribution in [1.82, 2.24) is 9.55 Å². The van der Waals surface area contributed by atoms with E-state index in [2.05, 4.69) is 10.3 Å². The minimum Gasteiger partial charge on any atom is -0.325 e. The van der Waals surface area contributed by atoms with Gasteiger partial charge in [-0.05, 0) is 48.7 Å². The highest BCUT2D eigenvalue weighted by Crippen LogP contribution is 2.23. The third kappa shape index (κ3) is 4.28. The lowest BCUT2D eigenvalue weighted by molar-refractivity contribution is -0.113. The van der Waals surface area contributed by atoms with Gasteiger partial charge >= 0.3 is 0 Å². The van der Waals surface area contributed by atoms with E-state index < -0.39 is 10.8 Å². The lowest BCUT2D eigenvalue weighted by Gasteiger charge is -2.10. The molecule has 27 heavy (non-hydrogen) atoms. The number of nitrogens with zero attached hydrogens (tertiary/aromatic N) is 2. The van der Waals surface area contributed by atoms with Crippen LogP contribution in [0.15, 0.2) is 53.8 Å². The molecule has 0 spiro atoms. The largest absolute Gasteiger partial charge is 0.325 e. The Morgan fingerprint density at radius 3 is 2.59 bits per heavy atom. The first-order valence-electron chi connectivity index (χ1n) is 8.39. The number of aryl methyl sites for hydroxylation is 1. The van der Waals surface area contributed by atoms with Crippen LogP contribution >= 0.6 is 11.6 Å². The number of rotatable bonds is 5. The van der Waals surface area contributed by atoms with Gasteiger partial charge in [-0.25, -0.2) is 4.98 Å². The molecule has 2 aromatic carbocycles. The van der Waals surface area contributed by atoms with E-state index in [9.17, 15) is 9.00 Å². The molecule has 0 radical (unpaired) electrons. The van der Waals surface area contributed by atoms with Crippen LogP contribution in [-0.2, 0) is 22.6 Å². The van der Waals surface area contributed by atoms with Crippen LogP contribution in [0.25, 0.3) is 11.3 Å². The minimum absolute atomic E-state index is 0.154. The zero-order chi connectivity index (χ0) is 19.6. The quantitative estimate of drug-likeness (QED) is 0.699. The predicted octanol–water partition coefficient (Wildman–Crippen LogP) is 4.10. The second-order valence-electron chi connectivity index (χ2n) is 6.28. The average molecular weight is 402 g/mol. The van der Waals surface area contributed by atoms with E-state index in [1.807, 2.05) is 44.2 Å². The van der Waals surface area contributed by atoms with Crippen molar-refractivity contribution in [1.29, 1.82) is 0 Å². The number of nitrogens with one attached hydrogen (secondary N) is 1. The van der Waals surface area contributed by atoms with Crippen molar-refractivity contribution in [3.05, 3.63) is 64.8 Å². The summed E-state index contributed by atoms with van der Waals surface area (Å²) in [5.74, 6) is -0.462. The highest BCUT2D eigenvalue weighted by atomic mass is 35.5. The first-order valence-corrected chi connectivity index (χ1v) is 10.1. The molecular weight excluding hydrogens is 382 g/mol. The summed E-state index contributed by atoms with van der Waals surface area (Å²) in [5.41, 5.74) is 4.55. The van der Waals surface area contributed by atoms with Gasteiger partial charge in [-0.15, -0.1) is 0 Å². The van der Waals surface area contributed by atoms with Crippen LogP contribution in [0.3, 0.4) is 0 Å². The molecule has 7 heteroatoms. The maximum absolute atomic E-state index is 12.7. The zero-order valence-electron chi connectivity index (χ0n) is 15.3. The van der Waals surface area contributed by atoms with Gasteiger partial charge in [-0.3, -0.25) is 9.00 Å². The molecule has 5 nitrogen and oxygen atoms in total. The molecule has 1 heterocycles. The fourth-order valence-corrected chi connectivity index (χ4v) is 3.89. The second kappa shape index (κ2) is 8.06. The lowest BCUT2D eigenvalue weighted by Crippen LogP contribution is -2.21. The van der Waals surface area contributed by atoms with Crippen LogP contribution < -0.4 is 5.32 Å². The Bertz CT molecular complexity index is 1010. The normalized spacial score (nSPS) is 12.0. The van der Waals surface area contributed by atoms with Crippen molar-refractivity contribution < 1.29 is 9.00 Å². The number of imidazole rings is 1. The fraction of sp³-hybridized carbons (Fsp3) is 0.200. The fourth-order valence-electron chi connectivity index (χ4n) is 2.75. The molecule has 1 amide bonds. The first-order chi connectivity index (χ1) is 12.9. The molecule has 140 valence electrons. The van der Waals surface area contributed by atoms with Gasteiger partial charge in [0.05, 0.1) is 22.7 Å². The molecular formula is C20H20ClN3O2S. The van der Waals surface area contributed by atoms with Crippen LogP contribution in [-0.4, -0.2) is 25.4 Å². The summed E-state index contributed by atoms with van der Waals surface area (Å²) in [6.07, 6.45) is 1.65.